The molecule has 0 aliphatic carbocycles. The van der Waals surface area contributed by atoms with Crippen molar-refractivity contribution >= 4 is 28.6 Å². The Bertz CT molecular complexity index is 436. The number of hydrogen-bond donors (Lipinski definition) is 1. The number of rotatable bonds is 1. The molecular weight excluding hydrogens is 335 g/mol. The number of halogens is 1. The third kappa shape index (κ3) is 2.52. The lowest BCUT2D eigenvalue weighted by molar-refractivity contribution is 0.368. The number of nitrogens with one attached hydrogen (secondary N) is 1. The molecule has 0 spiro atoms. The molecule has 1 aromatic carbocycles. The average Bonchev–Trinajstić information content (AvgIpc) is 2.39. The predicted octanol–water partition coefficient (Wildman–Crippen LogP) is 3.88. The summed E-state index contributed by atoms with van der Waals surface area (Å²) in [5.41, 5.74) is 6.02. The van der Waals surface area contributed by atoms with E-state index in [-0.39, 0.29) is 0 Å². The predicted molar refractivity (Wildman–Crippen MR) is 85.6 cm³/mol. The monoisotopic (exact) mass is 356 g/mol. The van der Waals surface area contributed by atoms with Crippen LogP contribution in [0.15, 0.2) is 12.1 Å². The number of anilines is 1. The Kier molecular flexibility index (Phi) is 3.80. The normalized spacial score (nSPS) is 21.4. The first-order valence-corrected chi connectivity index (χ1v) is 7.98. The molecule has 3 rings (SSSR count). The molecular formula is C15H21IN2. The number of piperidine rings is 1. The van der Waals surface area contributed by atoms with E-state index in [0.29, 0.717) is 0 Å². The van der Waals surface area contributed by atoms with Crippen molar-refractivity contribution in [2.24, 2.45) is 0 Å². The van der Waals surface area contributed by atoms with Crippen LogP contribution in [0.1, 0.15) is 41.9 Å². The molecule has 0 saturated carbocycles. The Hall–Kier alpha value is -0.290. The third-order valence-corrected chi connectivity index (χ3v) is 5.28. The summed E-state index contributed by atoms with van der Waals surface area (Å²) in [4.78, 5) is 0. The van der Waals surface area contributed by atoms with Gasteiger partial charge in [-0.3, -0.25) is 0 Å². The van der Waals surface area contributed by atoms with Gasteiger partial charge in [-0.2, -0.15) is 0 Å². The summed E-state index contributed by atoms with van der Waals surface area (Å²) < 4.78 is 2.42. The smallest absolute Gasteiger partial charge is 0.0375 e. The van der Waals surface area contributed by atoms with Gasteiger partial charge in [-0.15, -0.1) is 0 Å². The average molecular weight is 356 g/mol. The van der Waals surface area contributed by atoms with Crippen LogP contribution in [0, 0.1) is 6.92 Å². The van der Waals surface area contributed by atoms with E-state index in [4.69, 9.17) is 0 Å². The standard InChI is InChI=1S/C15H21IN2/c1-11-9-15-13(3-2-6-17-15)10-14(11)12-4-7-18(16)8-5-12/h9-10,12,17H,2-8H2,1H3. The van der Waals surface area contributed by atoms with Crippen molar-refractivity contribution in [2.75, 3.05) is 25.0 Å². The summed E-state index contributed by atoms with van der Waals surface area (Å²) in [5.74, 6) is 0.781. The topological polar surface area (TPSA) is 15.3 Å². The molecule has 1 aromatic rings. The van der Waals surface area contributed by atoms with Crippen LogP contribution in [0.3, 0.4) is 0 Å². The molecule has 18 heavy (non-hydrogen) atoms. The lowest BCUT2D eigenvalue weighted by Crippen LogP contribution is -2.25. The largest absolute Gasteiger partial charge is 0.385 e. The van der Waals surface area contributed by atoms with Gasteiger partial charge in [0.2, 0.25) is 0 Å². The highest BCUT2D eigenvalue weighted by Crippen LogP contribution is 2.35. The minimum atomic E-state index is 0.781. The lowest BCUT2D eigenvalue weighted by Gasteiger charge is -2.30. The quantitative estimate of drug-likeness (QED) is 0.607. The second-order valence-corrected chi connectivity index (χ2v) is 6.94. The van der Waals surface area contributed by atoms with E-state index in [1.54, 1.807) is 11.1 Å². The van der Waals surface area contributed by atoms with Crippen molar-refractivity contribution in [1.82, 2.24) is 3.11 Å². The van der Waals surface area contributed by atoms with Crippen molar-refractivity contribution in [1.29, 1.82) is 0 Å². The molecule has 0 unspecified atom stereocenters. The van der Waals surface area contributed by atoms with E-state index >= 15 is 0 Å². The van der Waals surface area contributed by atoms with E-state index < -0.39 is 0 Å². The molecule has 0 radical (unpaired) electrons. The highest BCUT2D eigenvalue weighted by Gasteiger charge is 2.22. The first kappa shape index (κ1) is 12.7. The van der Waals surface area contributed by atoms with E-state index in [1.165, 1.54) is 50.0 Å². The van der Waals surface area contributed by atoms with Crippen LogP contribution in [-0.2, 0) is 6.42 Å². The molecule has 0 aromatic heterocycles. The molecule has 1 N–H and O–H groups in total. The molecule has 2 aliphatic rings. The summed E-state index contributed by atoms with van der Waals surface area (Å²) in [5, 5.41) is 3.53. The first-order valence-electron chi connectivity index (χ1n) is 7.02. The minimum absolute atomic E-state index is 0.781. The molecule has 2 heterocycles. The number of fused-ring (bicyclic) bond motifs is 1. The second kappa shape index (κ2) is 5.37. The van der Waals surface area contributed by atoms with Crippen LogP contribution >= 0.6 is 22.9 Å². The van der Waals surface area contributed by atoms with Gasteiger partial charge in [-0.05, 0) is 61.3 Å². The van der Waals surface area contributed by atoms with E-state index in [9.17, 15) is 0 Å². The van der Waals surface area contributed by atoms with Crippen LogP contribution in [-0.4, -0.2) is 22.7 Å². The number of aryl methyl sites for hydroxylation is 2. The Morgan fingerprint density at radius 3 is 2.83 bits per heavy atom. The highest BCUT2D eigenvalue weighted by atomic mass is 127. The zero-order valence-corrected chi connectivity index (χ0v) is 13.2. The molecule has 2 aliphatic heterocycles. The number of hydrogen-bond acceptors (Lipinski definition) is 2. The number of nitrogens with zero attached hydrogens (tertiary/aromatic N) is 1. The van der Waals surface area contributed by atoms with E-state index in [1.807, 2.05) is 0 Å². The molecule has 1 fully saturated rings. The van der Waals surface area contributed by atoms with Gasteiger partial charge in [0, 0.05) is 48.2 Å². The number of benzene rings is 1. The van der Waals surface area contributed by atoms with Crippen LogP contribution in [0.2, 0.25) is 0 Å². The zero-order valence-electron chi connectivity index (χ0n) is 11.0. The summed E-state index contributed by atoms with van der Waals surface area (Å²) in [6, 6.07) is 4.87. The molecule has 0 amide bonds. The summed E-state index contributed by atoms with van der Waals surface area (Å²) in [6.45, 7) is 5.89. The van der Waals surface area contributed by atoms with Gasteiger partial charge in [0.05, 0.1) is 0 Å². The maximum Gasteiger partial charge on any atom is 0.0375 e. The fraction of sp³-hybridized carbons (Fsp3) is 0.600. The van der Waals surface area contributed by atoms with E-state index in [0.717, 1.165) is 12.5 Å². The van der Waals surface area contributed by atoms with Crippen LogP contribution in [0.4, 0.5) is 5.69 Å². The fourth-order valence-corrected chi connectivity index (χ4v) is 3.80. The maximum absolute atomic E-state index is 3.53. The van der Waals surface area contributed by atoms with Gasteiger partial charge in [0.25, 0.3) is 0 Å². The molecule has 0 bridgehead atoms. The molecule has 98 valence electrons. The second-order valence-electron chi connectivity index (χ2n) is 5.58. The Morgan fingerprint density at radius 1 is 1.28 bits per heavy atom. The third-order valence-electron chi connectivity index (χ3n) is 4.31. The van der Waals surface area contributed by atoms with Crippen molar-refractivity contribution < 1.29 is 0 Å². The maximum atomic E-state index is 3.53. The van der Waals surface area contributed by atoms with E-state index in [2.05, 4.69) is 50.4 Å². The van der Waals surface area contributed by atoms with Crippen molar-refractivity contribution in [3.63, 3.8) is 0 Å². The molecule has 3 heteroatoms. The van der Waals surface area contributed by atoms with Crippen LogP contribution < -0.4 is 5.32 Å². The summed E-state index contributed by atoms with van der Waals surface area (Å²) in [7, 11) is 0. The first-order chi connectivity index (χ1) is 8.74. The SMILES string of the molecule is Cc1cc2c(cc1C1CCN(I)CC1)CCCN2. The molecule has 0 atom stereocenters. The Labute approximate surface area is 124 Å². The van der Waals surface area contributed by atoms with Gasteiger partial charge in [0.1, 0.15) is 0 Å². The Balaban J connectivity index is 1.87. The summed E-state index contributed by atoms with van der Waals surface area (Å²) >= 11 is 2.45. The van der Waals surface area contributed by atoms with Crippen molar-refractivity contribution in [3.8, 4) is 0 Å². The van der Waals surface area contributed by atoms with Gasteiger partial charge in [-0.25, -0.2) is 3.11 Å². The molecule has 1 saturated heterocycles. The molecule has 2 nitrogen and oxygen atoms in total. The fourth-order valence-electron chi connectivity index (χ4n) is 3.24. The lowest BCUT2D eigenvalue weighted by atomic mass is 9.85. The van der Waals surface area contributed by atoms with Crippen LogP contribution in [0.25, 0.3) is 0 Å². The van der Waals surface area contributed by atoms with Crippen molar-refractivity contribution in [2.45, 2.75) is 38.5 Å². The summed E-state index contributed by atoms with van der Waals surface area (Å²) in [6.07, 6.45) is 5.16. The van der Waals surface area contributed by atoms with Gasteiger partial charge in [0.15, 0.2) is 0 Å². The highest BCUT2D eigenvalue weighted by molar-refractivity contribution is 14.1. The van der Waals surface area contributed by atoms with Gasteiger partial charge < -0.3 is 5.32 Å². The van der Waals surface area contributed by atoms with Crippen molar-refractivity contribution in [3.05, 3.63) is 28.8 Å². The van der Waals surface area contributed by atoms with Crippen LogP contribution in [0.5, 0.6) is 0 Å². The Morgan fingerprint density at radius 2 is 2.06 bits per heavy atom. The minimum Gasteiger partial charge on any atom is -0.385 e. The zero-order chi connectivity index (χ0) is 12.5. The van der Waals surface area contributed by atoms with Gasteiger partial charge in [-0.1, -0.05) is 6.07 Å². The van der Waals surface area contributed by atoms with Gasteiger partial charge >= 0.3 is 0 Å².